The Kier molecular flexibility index (Phi) is 8.48. The van der Waals surface area contributed by atoms with Gasteiger partial charge in [-0.1, -0.05) is 18.2 Å². The fourth-order valence-electron chi connectivity index (χ4n) is 3.93. The van der Waals surface area contributed by atoms with Gasteiger partial charge in [0, 0.05) is 13.1 Å². The number of esters is 1. The van der Waals surface area contributed by atoms with Crippen LogP contribution in [-0.4, -0.2) is 59.1 Å². The van der Waals surface area contributed by atoms with Crippen LogP contribution in [0.4, 0.5) is 4.79 Å². The largest absolute Gasteiger partial charge is 0.490 e. The second kappa shape index (κ2) is 11.7. The zero-order valence-corrected chi connectivity index (χ0v) is 22.1. The summed E-state index contributed by atoms with van der Waals surface area (Å²) in [5.41, 5.74) is 0.960. The van der Waals surface area contributed by atoms with E-state index in [1.165, 1.54) is 0 Å². The molecule has 2 aromatic rings. The molecule has 2 aliphatic rings. The van der Waals surface area contributed by atoms with E-state index in [0.717, 1.165) is 35.9 Å². The summed E-state index contributed by atoms with van der Waals surface area (Å²) < 4.78 is 11.7. The molecule has 2 saturated heterocycles. The van der Waals surface area contributed by atoms with Crippen molar-refractivity contribution in [1.29, 1.82) is 0 Å². The van der Waals surface area contributed by atoms with Crippen LogP contribution in [0.2, 0.25) is 0 Å². The summed E-state index contributed by atoms with van der Waals surface area (Å²) in [6, 6.07) is 11.9. The molecule has 0 atom stereocenters. The Morgan fingerprint density at radius 1 is 1.08 bits per heavy atom. The molecule has 0 spiro atoms. The second-order valence-electron chi connectivity index (χ2n) is 8.23. The Balaban J connectivity index is 1.53. The number of hydrogen-bond acceptors (Lipinski definition) is 7. The number of piperidine rings is 1. The van der Waals surface area contributed by atoms with E-state index in [-0.39, 0.29) is 23.1 Å². The van der Waals surface area contributed by atoms with Crippen molar-refractivity contribution in [3.05, 3.63) is 63.0 Å². The Morgan fingerprint density at radius 2 is 1.81 bits per heavy atom. The molecule has 188 valence electrons. The Labute approximate surface area is 221 Å². The monoisotopic (exact) mass is 572 g/mol. The van der Waals surface area contributed by atoms with Gasteiger partial charge in [-0.15, -0.1) is 0 Å². The van der Waals surface area contributed by atoms with Crippen LogP contribution < -0.4 is 9.47 Å². The number of imide groups is 1. The van der Waals surface area contributed by atoms with Crippen LogP contribution >= 0.6 is 27.7 Å². The summed E-state index contributed by atoms with van der Waals surface area (Å²) >= 11 is 4.22. The van der Waals surface area contributed by atoms with Crippen molar-refractivity contribution in [2.24, 2.45) is 0 Å². The first-order valence-electron chi connectivity index (χ1n) is 11.6. The van der Waals surface area contributed by atoms with Crippen molar-refractivity contribution in [2.75, 3.05) is 26.2 Å². The van der Waals surface area contributed by atoms with Crippen LogP contribution in [0.15, 0.2) is 51.8 Å². The number of halogens is 1. The van der Waals surface area contributed by atoms with Gasteiger partial charge in [0.1, 0.15) is 6.54 Å². The normalized spacial score (nSPS) is 17.0. The van der Waals surface area contributed by atoms with Crippen LogP contribution in [0.5, 0.6) is 11.5 Å². The lowest BCUT2D eigenvalue weighted by Gasteiger charge is -2.27. The third-order valence-corrected chi connectivity index (χ3v) is 7.21. The Hall–Kier alpha value is -3.11. The number of hydrogen-bond donors (Lipinski definition) is 0. The van der Waals surface area contributed by atoms with Crippen LogP contribution in [0.1, 0.15) is 42.1 Å². The number of rotatable bonds is 7. The van der Waals surface area contributed by atoms with E-state index in [1.807, 2.05) is 0 Å². The summed E-state index contributed by atoms with van der Waals surface area (Å²) in [4.78, 5) is 53.5. The van der Waals surface area contributed by atoms with Gasteiger partial charge in [0.25, 0.3) is 11.1 Å². The van der Waals surface area contributed by atoms with E-state index in [9.17, 15) is 19.2 Å². The zero-order valence-electron chi connectivity index (χ0n) is 19.7. The van der Waals surface area contributed by atoms with Gasteiger partial charge in [0.2, 0.25) is 5.91 Å². The molecule has 36 heavy (non-hydrogen) atoms. The number of likely N-dealkylation sites (tertiary alicyclic amines) is 1. The summed E-state index contributed by atoms with van der Waals surface area (Å²) in [6.07, 6.45) is 4.51. The van der Waals surface area contributed by atoms with E-state index in [4.69, 9.17) is 9.47 Å². The highest BCUT2D eigenvalue weighted by Crippen LogP contribution is 2.39. The molecule has 2 aliphatic heterocycles. The van der Waals surface area contributed by atoms with Gasteiger partial charge in [0.05, 0.1) is 21.5 Å². The number of thioether (sulfide) groups is 1. The molecule has 0 N–H and O–H groups in total. The molecule has 2 fully saturated rings. The lowest BCUT2D eigenvalue weighted by Crippen LogP contribution is -2.44. The number of amides is 3. The van der Waals surface area contributed by atoms with Crippen molar-refractivity contribution in [3.63, 3.8) is 0 Å². The highest BCUT2D eigenvalue weighted by Gasteiger charge is 2.37. The van der Waals surface area contributed by atoms with E-state index >= 15 is 0 Å². The molecule has 2 heterocycles. The zero-order chi connectivity index (χ0) is 25.7. The summed E-state index contributed by atoms with van der Waals surface area (Å²) in [6.45, 7) is 3.17. The molecular weight excluding hydrogens is 548 g/mol. The van der Waals surface area contributed by atoms with E-state index in [1.54, 1.807) is 60.4 Å². The van der Waals surface area contributed by atoms with E-state index in [2.05, 4.69) is 15.9 Å². The first kappa shape index (κ1) is 26.0. The van der Waals surface area contributed by atoms with Gasteiger partial charge < -0.3 is 14.4 Å². The number of carbonyl (C=O) groups excluding carboxylic acids is 4. The minimum atomic E-state index is -0.538. The molecule has 0 unspecified atom stereocenters. The topological polar surface area (TPSA) is 93.2 Å². The molecule has 4 rings (SSSR count). The standard InChI is InChI=1S/C26H25BrN2O6S/c1-2-34-20-14-17(13-19(27)23(20)35-25(32)18-9-5-3-6-10-18)15-21-24(31)29(26(33)36-21)16-22(30)28-11-7-4-8-12-28/h3,5-6,9-10,13-15H,2,4,7-8,11-12,16H2,1H3/b21-15-. The molecule has 0 bridgehead atoms. The smallest absolute Gasteiger partial charge is 0.343 e. The number of nitrogens with zero attached hydrogens (tertiary/aromatic N) is 2. The van der Waals surface area contributed by atoms with Crippen LogP contribution in [0.25, 0.3) is 6.08 Å². The number of ether oxygens (including phenoxy) is 2. The van der Waals surface area contributed by atoms with Crippen molar-refractivity contribution in [2.45, 2.75) is 26.2 Å². The Bertz CT molecular complexity index is 1210. The maximum atomic E-state index is 12.9. The quantitative estimate of drug-likeness (QED) is 0.258. The highest BCUT2D eigenvalue weighted by atomic mass is 79.9. The van der Waals surface area contributed by atoms with Gasteiger partial charge in [-0.25, -0.2) is 4.79 Å². The van der Waals surface area contributed by atoms with E-state index < -0.39 is 17.1 Å². The minimum absolute atomic E-state index is 0.204. The molecule has 3 amide bonds. The predicted molar refractivity (Wildman–Crippen MR) is 140 cm³/mol. The SMILES string of the molecule is CCOc1cc(/C=C2\SC(=O)N(CC(=O)N3CCCCC3)C2=O)cc(Br)c1OC(=O)c1ccccc1. The van der Waals surface area contributed by atoms with Crippen molar-refractivity contribution < 1.29 is 28.7 Å². The summed E-state index contributed by atoms with van der Waals surface area (Å²) in [5.74, 6) is -0.747. The average Bonchev–Trinajstić information content (AvgIpc) is 3.14. The Morgan fingerprint density at radius 3 is 2.50 bits per heavy atom. The number of carbonyl (C=O) groups is 4. The van der Waals surface area contributed by atoms with Crippen molar-refractivity contribution >= 4 is 56.8 Å². The third kappa shape index (κ3) is 5.99. The fraction of sp³-hybridized carbons (Fsp3) is 0.308. The van der Waals surface area contributed by atoms with Crippen molar-refractivity contribution in [1.82, 2.24) is 9.80 Å². The summed E-state index contributed by atoms with van der Waals surface area (Å²) in [5, 5.41) is -0.478. The van der Waals surface area contributed by atoms with Gasteiger partial charge in [-0.05, 0) is 89.8 Å². The maximum absolute atomic E-state index is 12.9. The first-order chi connectivity index (χ1) is 17.4. The first-order valence-corrected chi connectivity index (χ1v) is 13.2. The van der Waals surface area contributed by atoms with E-state index in [0.29, 0.717) is 41.0 Å². The molecule has 0 radical (unpaired) electrons. The summed E-state index contributed by atoms with van der Waals surface area (Å²) in [7, 11) is 0. The van der Waals surface area contributed by atoms with Crippen LogP contribution in [0.3, 0.4) is 0 Å². The molecule has 0 saturated carbocycles. The molecule has 8 nitrogen and oxygen atoms in total. The maximum Gasteiger partial charge on any atom is 0.343 e. The van der Waals surface area contributed by atoms with Gasteiger partial charge in [-0.3, -0.25) is 19.3 Å². The second-order valence-corrected chi connectivity index (χ2v) is 10.1. The molecule has 2 aromatic carbocycles. The fourth-order valence-corrected chi connectivity index (χ4v) is 5.30. The van der Waals surface area contributed by atoms with Crippen LogP contribution in [-0.2, 0) is 9.59 Å². The van der Waals surface area contributed by atoms with Gasteiger partial charge >= 0.3 is 5.97 Å². The predicted octanol–water partition coefficient (Wildman–Crippen LogP) is 5.12. The van der Waals surface area contributed by atoms with Gasteiger partial charge in [0.15, 0.2) is 11.5 Å². The highest BCUT2D eigenvalue weighted by molar-refractivity contribution is 9.10. The lowest BCUT2D eigenvalue weighted by molar-refractivity contribution is -0.136. The molecule has 0 aliphatic carbocycles. The van der Waals surface area contributed by atoms with Crippen LogP contribution in [0, 0.1) is 0 Å². The molecular formula is C26H25BrN2O6S. The lowest BCUT2D eigenvalue weighted by atomic mass is 10.1. The molecule has 10 heteroatoms. The number of benzene rings is 2. The third-order valence-electron chi connectivity index (χ3n) is 5.71. The van der Waals surface area contributed by atoms with Gasteiger partial charge in [-0.2, -0.15) is 0 Å². The van der Waals surface area contributed by atoms with Crippen molar-refractivity contribution in [3.8, 4) is 11.5 Å². The minimum Gasteiger partial charge on any atom is -0.490 e. The molecule has 0 aromatic heterocycles. The average molecular weight is 573 g/mol.